The van der Waals surface area contributed by atoms with E-state index in [2.05, 4.69) is 109 Å². The molecule has 23 heteroatoms. The van der Waals surface area contributed by atoms with Crippen LogP contribution in [0.4, 0.5) is 17.1 Å². The smallest absolute Gasteiger partial charge is 0.272 e. The summed E-state index contributed by atoms with van der Waals surface area (Å²) >= 11 is 0. The van der Waals surface area contributed by atoms with Gasteiger partial charge >= 0.3 is 0 Å². The number of aldehydes is 1. The van der Waals surface area contributed by atoms with Gasteiger partial charge in [0.2, 0.25) is 0 Å². The van der Waals surface area contributed by atoms with Crippen LogP contribution in [0.2, 0.25) is 0 Å². The topological polar surface area (TPSA) is 238 Å². The van der Waals surface area contributed by atoms with Crippen LogP contribution in [0.5, 0.6) is 51.7 Å². The van der Waals surface area contributed by atoms with Crippen LogP contribution in [-0.2, 0) is 53.4 Å². The molecule has 1 aliphatic heterocycles. The van der Waals surface area contributed by atoms with E-state index in [0.29, 0.717) is 111 Å². The molecular formula is C88H99N11O12. The van der Waals surface area contributed by atoms with Gasteiger partial charge in [-0.1, -0.05) is 105 Å². The van der Waals surface area contributed by atoms with Crippen molar-refractivity contribution < 1.29 is 57.1 Å². The van der Waals surface area contributed by atoms with Crippen LogP contribution < -0.4 is 44.4 Å². The standard InChI is InChI=1S/C32H41N5O3.C29H31N3O5.C27H27N3O4/c1-32(2,3)24-18-23(21-36(6)17-16-35(4)5)30(39-8)26(20-24)34-31(38)27-19-22-10-9-11-28(29(22)37(27)7)40-25-12-14-33-15-13-25;1-29(2,3)19-16-21(28-35-13-14-36-28)26(34-5)22(17-19)31-27(33)23-15-18-7-6-8-24(25(18)32(23)4)37-20-9-11-30-12-10-20;1-27(2,3)19-13-18(16-31)25(33-5)21(15-19)29-26(32)22-14-17-7-6-8-23(24(17)30(22)4)34-20-9-11-28-12-10-20/h9-15,18-20H,16-17,21H2,1-8H3,(H,34,38);6-12,15-17,28H,13-14H2,1-5H3,(H,31,33);6-16H,1-5H3,(H,29,32). The highest BCUT2D eigenvalue weighted by Gasteiger charge is 2.31. The fraction of sp³-hybridized carbons (Fsp3) is 0.307. The number of hydrogen-bond acceptors (Lipinski definition) is 17. The summed E-state index contributed by atoms with van der Waals surface area (Å²) in [5.41, 5.74) is 10.3. The Bertz CT molecular complexity index is 5320. The van der Waals surface area contributed by atoms with Crippen LogP contribution >= 0.6 is 0 Å². The highest BCUT2D eigenvalue weighted by molar-refractivity contribution is 6.10. The predicted molar refractivity (Wildman–Crippen MR) is 436 cm³/mol. The number of amides is 3. The number of anilines is 3. The fourth-order valence-electron chi connectivity index (χ4n) is 13.1. The first-order valence-electron chi connectivity index (χ1n) is 36.6. The molecule has 0 radical (unpaired) electrons. The molecule has 1 fully saturated rings. The second-order valence-electron chi connectivity index (χ2n) is 30.6. The molecular weight excluding hydrogens is 1400 g/mol. The number of para-hydroxylation sites is 3. The molecule has 3 N–H and O–H groups in total. The molecule has 0 atom stereocenters. The summed E-state index contributed by atoms with van der Waals surface area (Å²) in [7, 11) is 16.5. The van der Waals surface area contributed by atoms with Gasteiger partial charge in [-0.05, 0) is 157 Å². The summed E-state index contributed by atoms with van der Waals surface area (Å²) < 4.78 is 52.5. The van der Waals surface area contributed by atoms with Gasteiger partial charge in [0.15, 0.2) is 41.3 Å². The number of methoxy groups -OCH3 is 3. The van der Waals surface area contributed by atoms with E-state index in [1.165, 1.54) is 7.11 Å². The van der Waals surface area contributed by atoms with Crippen LogP contribution in [0.25, 0.3) is 32.7 Å². The lowest BCUT2D eigenvalue weighted by molar-refractivity contribution is -0.0455. The number of nitrogens with zero attached hydrogens (tertiary/aromatic N) is 8. The summed E-state index contributed by atoms with van der Waals surface area (Å²) in [6.07, 6.45) is 10.2. The van der Waals surface area contributed by atoms with Crippen LogP contribution in [0.1, 0.15) is 138 Å². The van der Waals surface area contributed by atoms with Crippen molar-refractivity contribution in [3.63, 3.8) is 0 Å². The molecule has 1 aliphatic rings. The number of rotatable bonds is 22. The van der Waals surface area contributed by atoms with Crippen molar-refractivity contribution in [3.05, 3.63) is 233 Å². The molecule has 0 saturated carbocycles. The Balaban J connectivity index is 0.000000165. The van der Waals surface area contributed by atoms with Gasteiger partial charge in [-0.3, -0.25) is 34.1 Å². The normalized spacial score (nSPS) is 12.5. The van der Waals surface area contributed by atoms with Gasteiger partial charge in [0.1, 0.15) is 40.1 Å². The van der Waals surface area contributed by atoms with Crippen molar-refractivity contribution in [3.8, 4) is 51.7 Å². The monoisotopic (exact) mass is 1500 g/mol. The molecule has 6 aromatic heterocycles. The molecule has 13 rings (SSSR count). The number of carbonyl (C=O) groups excluding carboxylic acids is 4. The van der Waals surface area contributed by atoms with E-state index in [4.69, 9.17) is 37.9 Å². The maximum Gasteiger partial charge on any atom is 0.272 e. The molecule has 0 spiro atoms. The van der Waals surface area contributed by atoms with E-state index in [1.807, 2.05) is 148 Å². The molecule has 12 aromatic rings. The zero-order valence-electron chi connectivity index (χ0n) is 66.5. The van der Waals surface area contributed by atoms with E-state index in [1.54, 1.807) is 98.4 Å². The minimum atomic E-state index is -0.543. The van der Waals surface area contributed by atoms with Crippen molar-refractivity contribution in [2.24, 2.45) is 21.1 Å². The number of fused-ring (bicyclic) bond motifs is 3. The first kappa shape index (κ1) is 80.1. The van der Waals surface area contributed by atoms with E-state index < -0.39 is 6.29 Å². The summed E-state index contributed by atoms with van der Waals surface area (Å²) in [5.74, 6) is 4.67. The second kappa shape index (κ2) is 34.4. The van der Waals surface area contributed by atoms with Crippen molar-refractivity contribution >= 4 is 73.8 Å². The van der Waals surface area contributed by atoms with Crippen LogP contribution in [-0.4, -0.2) is 131 Å². The van der Waals surface area contributed by atoms with Gasteiger partial charge < -0.3 is 77.3 Å². The third-order valence-electron chi connectivity index (χ3n) is 19.1. The molecule has 0 aliphatic carbocycles. The predicted octanol–water partition coefficient (Wildman–Crippen LogP) is 17.6. The quantitative estimate of drug-likeness (QED) is 0.0535. The van der Waals surface area contributed by atoms with E-state index in [0.717, 1.165) is 79.9 Å². The molecule has 111 heavy (non-hydrogen) atoms. The zero-order valence-corrected chi connectivity index (χ0v) is 66.5. The molecule has 23 nitrogen and oxygen atoms in total. The fourth-order valence-corrected chi connectivity index (χ4v) is 13.1. The minimum Gasteiger partial charge on any atom is -0.494 e. The molecule has 578 valence electrons. The number of benzene rings is 6. The van der Waals surface area contributed by atoms with Crippen molar-refractivity contribution in [1.82, 2.24) is 38.5 Å². The number of carbonyl (C=O) groups is 4. The molecule has 7 heterocycles. The number of aryl methyl sites for hydroxylation is 3. The number of likely N-dealkylation sites (N-methyl/N-ethyl adjacent to an activating group) is 2. The lowest BCUT2D eigenvalue weighted by Gasteiger charge is -2.26. The Morgan fingerprint density at radius 1 is 0.468 bits per heavy atom. The van der Waals surface area contributed by atoms with Gasteiger partial charge in [0, 0.05) is 99.7 Å². The zero-order chi connectivity index (χ0) is 79.6. The first-order chi connectivity index (χ1) is 53.0. The summed E-state index contributed by atoms with van der Waals surface area (Å²) in [6.45, 7) is 22.6. The molecule has 1 saturated heterocycles. The molecule has 3 amide bonds. The minimum absolute atomic E-state index is 0.110. The second-order valence-corrected chi connectivity index (χ2v) is 30.6. The van der Waals surface area contributed by atoms with Crippen LogP contribution in [0.15, 0.2) is 183 Å². The van der Waals surface area contributed by atoms with Gasteiger partial charge in [-0.25, -0.2) is 0 Å². The van der Waals surface area contributed by atoms with E-state index >= 15 is 0 Å². The third kappa shape index (κ3) is 18.7. The van der Waals surface area contributed by atoms with E-state index in [9.17, 15) is 19.2 Å². The Labute approximate surface area is 648 Å². The van der Waals surface area contributed by atoms with Crippen molar-refractivity contribution in [2.75, 3.05) is 84.7 Å². The Hall–Kier alpha value is -11.9. The average molecular weight is 1500 g/mol. The number of pyridine rings is 3. The van der Waals surface area contributed by atoms with Crippen molar-refractivity contribution in [2.45, 2.75) is 91.4 Å². The Kier molecular flexibility index (Phi) is 24.8. The lowest BCUT2D eigenvalue weighted by Crippen LogP contribution is -2.28. The number of hydrogen-bond donors (Lipinski definition) is 3. The van der Waals surface area contributed by atoms with Crippen LogP contribution in [0.3, 0.4) is 0 Å². The summed E-state index contributed by atoms with van der Waals surface area (Å²) in [6, 6.07) is 45.4. The Morgan fingerprint density at radius 3 is 1.17 bits per heavy atom. The van der Waals surface area contributed by atoms with Gasteiger partial charge in [0.05, 0.1) is 79.3 Å². The average Bonchev–Trinajstić information content (AvgIpc) is 1.70. The summed E-state index contributed by atoms with van der Waals surface area (Å²) in [5, 5.41) is 11.9. The first-order valence-corrected chi connectivity index (χ1v) is 36.6. The highest BCUT2D eigenvalue weighted by Crippen LogP contribution is 2.44. The number of ether oxygens (including phenoxy) is 8. The van der Waals surface area contributed by atoms with Gasteiger partial charge in [-0.2, -0.15) is 0 Å². The maximum atomic E-state index is 13.8. The number of aromatic nitrogens is 6. The molecule has 0 bridgehead atoms. The van der Waals surface area contributed by atoms with Gasteiger partial charge in [-0.15, -0.1) is 0 Å². The van der Waals surface area contributed by atoms with Gasteiger partial charge in [0.25, 0.3) is 17.7 Å². The van der Waals surface area contributed by atoms with Crippen molar-refractivity contribution in [1.29, 1.82) is 0 Å². The SMILES string of the molecule is COc1c(C=O)cc(C(C)(C)C)cc1NC(=O)c1cc2cccc(Oc3ccncc3)c2n1C.COc1c(CN(C)CCN(C)C)cc(C(C)(C)C)cc1NC(=O)c1cc2cccc(Oc3ccncc3)c2n1C.COc1c(NC(=O)c2cc3cccc(Oc4ccncc4)c3n2C)cc(C(C)(C)C)cc1C1OCCO1. The number of nitrogens with one attached hydrogen (secondary N) is 3. The lowest BCUT2D eigenvalue weighted by atomic mass is 9.85. The van der Waals surface area contributed by atoms with Crippen LogP contribution in [0, 0.1) is 0 Å². The highest BCUT2D eigenvalue weighted by atomic mass is 16.7. The maximum absolute atomic E-state index is 13.8. The third-order valence-corrected chi connectivity index (χ3v) is 19.1. The summed E-state index contributed by atoms with van der Waals surface area (Å²) in [4.78, 5) is 69.0. The largest absolute Gasteiger partial charge is 0.494 e. The molecule has 6 aromatic carbocycles. The Morgan fingerprint density at radius 2 is 0.820 bits per heavy atom. The van der Waals surface area contributed by atoms with E-state index in [-0.39, 0.29) is 34.0 Å². The molecule has 0 unspecified atom stereocenters.